The summed E-state index contributed by atoms with van der Waals surface area (Å²) in [6.45, 7) is 17.4. The quantitative estimate of drug-likeness (QED) is 0.492. The molecule has 1 aliphatic carbocycles. The number of hydrogen-bond donors (Lipinski definition) is 0. The van der Waals surface area contributed by atoms with E-state index in [1.807, 2.05) is 27.7 Å². The van der Waals surface area contributed by atoms with Gasteiger partial charge >= 0.3 is 32.7 Å². The van der Waals surface area contributed by atoms with Gasteiger partial charge in [-0.2, -0.15) is 25.7 Å². The Morgan fingerprint density at radius 2 is 1.28 bits per heavy atom. The monoisotopic (exact) mass is 332 g/mol. The number of rotatable bonds is 3. The van der Waals surface area contributed by atoms with Crippen molar-refractivity contribution in [3.8, 4) is 0 Å². The molecular formula is C17H39Y. The Bertz CT molecular complexity index is 73.7. The van der Waals surface area contributed by atoms with E-state index in [0.29, 0.717) is 0 Å². The average Bonchev–Trinajstić information content (AvgIpc) is 2.89. The second kappa shape index (κ2) is 36.2. The van der Waals surface area contributed by atoms with Crippen LogP contribution in [0.5, 0.6) is 0 Å². The molecule has 1 aliphatic rings. The standard InChI is InChI=1S/C7H13.C5H10.2C2H6.CH4.Y/c1-2-7-5-3-4-6-7;1-3-5-4-2;2*1-2;;/h2,7H,3-6H2,1H3;1-5H2;2*1-2H3;1H4;/q-1;-2;;;;+3. The van der Waals surface area contributed by atoms with Gasteiger partial charge in [-0.1, -0.05) is 60.8 Å². The van der Waals surface area contributed by atoms with Crippen LogP contribution in [0.15, 0.2) is 0 Å². The van der Waals surface area contributed by atoms with E-state index in [9.17, 15) is 0 Å². The van der Waals surface area contributed by atoms with Gasteiger partial charge in [0.15, 0.2) is 0 Å². The van der Waals surface area contributed by atoms with Crippen LogP contribution in [0.2, 0.25) is 0 Å². The summed E-state index contributed by atoms with van der Waals surface area (Å²) in [6.07, 6.45) is 11.4. The van der Waals surface area contributed by atoms with Crippen LogP contribution in [0, 0.1) is 26.2 Å². The van der Waals surface area contributed by atoms with Crippen LogP contribution in [0.3, 0.4) is 0 Å². The number of hydrogen-bond acceptors (Lipinski definition) is 0. The maximum Gasteiger partial charge on any atom is 3.00 e. The smallest absolute Gasteiger partial charge is 0.343 e. The fourth-order valence-electron chi connectivity index (χ4n) is 1.47. The molecule has 110 valence electrons. The molecule has 0 aromatic heterocycles. The van der Waals surface area contributed by atoms with Crippen molar-refractivity contribution < 1.29 is 32.7 Å². The molecule has 0 spiro atoms. The summed E-state index contributed by atoms with van der Waals surface area (Å²) in [5.41, 5.74) is 0. The predicted octanol–water partition coefficient (Wildman–Crippen LogP) is 6.91. The predicted molar refractivity (Wildman–Crippen MR) is 85.9 cm³/mol. The third-order valence-corrected chi connectivity index (χ3v) is 2.37. The molecule has 0 amide bonds. The molecule has 18 heavy (non-hydrogen) atoms. The molecule has 0 nitrogen and oxygen atoms in total. The second-order valence-electron chi connectivity index (χ2n) is 3.44. The van der Waals surface area contributed by atoms with Crippen LogP contribution < -0.4 is 0 Å². The van der Waals surface area contributed by atoms with Crippen LogP contribution in [0.25, 0.3) is 0 Å². The van der Waals surface area contributed by atoms with Gasteiger partial charge in [0.1, 0.15) is 0 Å². The van der Waals surface area contributed by atoms with Crippen LogP contribution in [0.4, 0.5) is 0 Å². The topological polar surface area (TPSA) is 0 Å². The second-order valence-corrected chi connectivity index (χ2v) is 3.44. The maximum absolute atomic E-state index is 3.64. The van der Waals surface area contributed by atoms with Crippen LogP contribution in [-0.2, 0) is 32.7 Å². The van der Waals surface area contributed by atoms with E-state index >= 15 is 0 Å². The van der Waals surface area contributed by atoms with E-state index in [0.717, 1.165) is 18.8 Å². The fourth-order valence-corrected chi connectivity index (χ4v) is 1.47. The molecule has 0 N–H and O–H groups in total. The van der Waals surface area contributed by atoms with Gasteiger partial charge in [-0.3, -0.25) is 0 Å². The summed E-state index contributed by atoms with van der Waals surface area (Å²) in [5.74, 6) is 0.972. The first-order valence-electron chi connectivity index (χ1n) is 7.23. The van der Waals surface area contributed by atoms with Crippen LogP contribution >= 0.6 is 0 Å². The molecule has 0 atom stereocenters. The molecule has 0 heterocycles. The number of unbranched alkanes of at least 4 members (excludes halogenated alkanes) is 2. The summed E-state index contributed by atoms with van der Waals surface area (Å²) < 4.78 is 0. The SMILES string of the molecule is C.CC.CC.C[CH-]C1CCCC1.[CH2-]CCC[CH2-].[Y+3]. The zero-order chi connectivity index (χ0) is 13.2. The van der Waals surface area contributed by atoms with Gasteiger partial charge in [0.25, 0.3) is 0 Å². The first-order chi connectivity index (χ1) is 7.85. The van der Waals surface area contributed by atoms with Crippen molar-refractivity contribution in [3.05, 3.63) is 20.3 Å². The van der Waals surface area contributed by atoms with Crippen molar-refractivity contribution in [2.45, 2.75) is 87.0 Å². The molecule has 0 aromatic carbocycles. The van der Waals surface area contributed by atoms with E-state index in [4.69, 9.17) is 0 Å². The fraction of sp³-hybridized carbons (Fsp3) is 0.824. The molecule has 1 fully saturated rings. The van der Waals surface area contributed by atoms with E-state index < -0.39 is 0 Å². The van der Waals surface area contributed by atoms with Crippen molar-refractivity contribution in [1.82, 2.24) is 0 Å². The normalized spacial score (nSPS) is 12.2. The van der Waals surface area contributed by atoms with Crippen molar-refractivity contribution in [1.29, 1.82) is 0 Å². The Labute approximate surface area is 145 Å². The van der Waals surface area contributed by atoms with E-state index in [1.165, 1.54) is 32.1 Å². The van der Waals surface area contributed by atoms with Crippen molar-refractivity contribution in [3.63, 3.8) is 0 Å². The summed E-state index contributed by atoms with van der Waals surface area (Å²) in [5, 5.41) is 0. The van der Waals surface area contributed by atoms with Gasteiger partial charge in [0.05, 0.1) is 0 Å². The molecule has 0 aromatic rings. The van der Waals surface area contributed by atoms with E-state index in [-0.39, 0.29) is 40.1 Å². The Morgan fingerprint density at radius 1 is 0.944 bits per heavy atom. The Hall–Kier alpha value is 1.10. The minimum atomic E-state index is 0. The van der Waals surface area contributed by atoms with Crippen molar-refractivity contribution >= 4 is 0 Å². The Balaban J connectivity index is -0.0000000463. The average molecular weight is 332 g/mol. The largest absolute Gasteiger partial charge is 3.00 e. The van der Waals surface area contributed by atoms with Crippen molar-refractivity contribution in [2.75, 3.05) is 0 Å². The van der Waals surface area contributed by atoms with Gasteiger partial charge in [-0.05, 0) is 0 Å². The minimum absolute atomic E-state index is 0. The molecular weight excluding hydrogens is 293 g/mol. The summed E-state index contributed by atoms with van der Waals surface area (Å²) in [6, 6.07) is 0. The molecule has 1 saturated carbocycles. The van der Waals surface area contributed by atoms with Gasteiger partial charge in [-0.15, -0.1) is 6.42 Å². The zero-order valence-corrected chi connectivity index (χ0v) is 15.9. The van der Waals surface area contributed by atoms with Crippen LogP contribution in [-0.4, -0.2) is 0 Å². The molecule has 1 rings (SSSR count). The molecule has 0 bridgehead atoms. The maximum atomic E-state index is 3.64. The van der Waals surface area contributed by atoms with Gasteiger partial charge < -0.3 is 20.3 Å². The minimum Gasteiger partial charge on any atom is -0.343 e. The summed E-state index contributed by atoms with van der Waals surface area (Å²) in [7, 11) is 0. The molecule has 0 unspecified atom stereocenters. The first kappa shape index (κ1) is 31.5. The molecule has 1 heteroatoms. The zero-order valence-electron chi connectivity index (χ0n) is 13.1. The summed E-state index contributed by atoms with van der Waals surface area (Å²) >= 11 is 0. The molecule has 0 saturated heterocycles. The van der Waals surface area contributed by atoms with Crippen molar-refractivity contribution in [2.24, 2.45) is 5.92 Å². The first-order valence-corrected chi connectivity index (χ1v) is 7.23. The Kier molecular flexibility index (Phi) is 63.2. The van der Waals surface area contributed by atoms with Crippen LogP contribution in [0.1, 0.15) is 87.0 Å². The third kappa shape index (κ3) is 30.3. The van der Waals surface area contributed by atoms with Gasteiger partial charge in [0.2, 0.25) is 0 Å². The third-order valence-electron chi connectivity index (χ3n) is 2.37. The molecule has 0 aliphatic heterocycles. The van der Waals surface area contributed by atoms with Gasteiger partial charge in [0, 0.05) is 0 Å². The van der Waals surface area contributed by atoms with E-state index in [2.05, 4.69) is 27.2 Å². The summed E-state index contributed by atoms with van der Waals surface area (Å²) in [4.78, 5) is 0. The Morgan fingerprint density at radius 3 is 1.39 bits per heavy atom. The van der Waals surface area contributed by atoms with Gasteiger partial charge in [-0.25, -0.2) is 0 Å². The van der Waals surface area contributed by atoms with E-state index in [1.54, 1.807) is 0 Å². The molecule has 0 radical (unpaired) electrons.